The van der Waals surface area contributed by atoms with Gasteiger partial charge in [-0.05, 0) is 39.0 Å². The molecular formula is C18H31N3O3. The highest BCUT2D eigenvalue weighted by atomic mass is 16.4. The zero-order chi connectivity index (χ0) is 17.5. The summed E-state index contributed by atoms with van der Waals surface area (Å²) in [6.07, 6.45) is 4.57. The van der Waals surface area contributed by atoms with Gasteiger partial charge in [-0.3, -0.25) is 4.79 Å². The maximum Gasteiger partial charge on any atom is 0.407 e. The highest BCUT2D eigenvalue weighted by Crippen LogP contribution is 2.55. The predicted octanol–water partition coefficient (Wildman–Crippen LogP) is 2.24. The van der Waals surface area contributed by atoms with Crippen molar-refractivity contribution in [1.29, 1.82) is 0 Å². The Balaban J connectivity index is 1.48. The minimum absolute atomic E-state index is 0.188. The quantitative estimate of drug-likeness (QED) is 0.854. The zero-order valence-electron chi connectivity index (χ0n) is 15.2. The molecule has 2 saturated heterocycles. The topological polar surface area (TPSA) is 64.1 Å². The summed E-state index contributed by atoms with van der Waals surface area (Å²) in [7, 11) is 0. The van der Waals surface area contributed by atoms with E-state index in [1.165, 1.54) is 0 Å². The van der Waals surface area contributed by atoms with Crippen LogP contribution in [0.4, 0.5) is 4.79 Å². The molecule has 1 atom stereocenters. The molecule has 0 bridgehead atoms. The van der Waals surface area contributed by atoms with Crippen LogP contribution in [0.2, 0.25) is 0 Å². The van der Waals surface area contributed by atoms with Crippen molar-refractivity contribution in [2.24, 2.45) is 5.41 Å². The van der Waals surface area contributed by atoms with E-state index in [9.17, 15) is 14.7 Å². The van der Waals surface area contributed by atoms with Gasteiger partial charge in [0.2, 0.25) is 5.91 Å². The molecule has 3 aliphatic rings. The van der Waals surface area contributed by atoms with Crippen LogP contribution in [-0.2, 0) is 4.79 Å². The average Bonchev–Trinajstić information content (AvgIpc) is 2.46. The molecule has 1 N–H and O–H groups in total. The van der Waals surface area contributed by atoms with Gasteiger partial charge in [0, 0.05) is 56.6 Å². The number of carboxylic acid groups (broad SMARTS) is 1. The third kappa shape index (κ3) is 2.79. The third-order valence-corrected chi connectivity index (χ3v) is 6.69. The van der Waals surface area contributed by atoms with E-state index in [1.54, 1.807) is 11.8 Å². The number of amides is 2. The Kier molecular flexibility index (Phi) is 4.78. The summed E-state index contributed by atoms with van der Waals surface area (Å²) in [6, 6.07) is 1.23. The molecule has 1 unspecified atom stereocenters. The molecule has 24 heavy (non-hydrogen) atoms. The van der Waals surface area contributed by atoms with E-state index in [4.69, 9.17) is 0 Å². The Labute approximate surface area is 144 Å². The molecule has 2 heterocycles. The summed E-state index contributed by atoms with van der Waals surface area (Å²) >= 11 is 0. The van der Waals surface area contributed by atoms with Crippen LogP contribution in [0, 0.1) is 5.41 Å². The van der Waals surface area contributed by atoms with Gasteiger partial charge in [0.25, 0.3) is 0 Å². The lowest BCUT2D eigenvalue weighted by Crippen LogP contribution is -2.73. The molecule has 3 rings (SSSR count). The molecule has 1 aliphatic carbocycles. The summed E-state index contributed by atoms with van der Waals surface area (Å²) in [5, 5.41) is 9.23. The molecule has 2 amide bonds. The maximum atomic E-state index is 11.7. The number of nitrogens with zero attached hydrogens (tertiary/aromatic N) is 3. The first-order chi connectivity index (χ1) is 11.4. The van der Waals surface area contributed by atoms with Gasteiger partial charge in [0.15, 0.2) is 0 Å². The first-order valence-electron chi connectivity index (χ1n) is 9.42. The van der Waals surface area contributed by atoms with Gasteiger partial charge >= 0.3 is 6.09 Å². The van der Waals surface area contributed by atoms with Crippen molar-refractivity contribution in [2.45, 2.75) is 71.0 Å². The number of carbonyl (C=O) groups is 2. The largest absolute Gasteiger partial charge is 0.465 e. The molecule has 1 saturated carbocycles. The van der Waals surface area contributed by atoms with Crippen molar-refractivity contribution in [1.82, 2.24) is 14.7 Å². The Morgan fingerprint density at radius 1 is 1.21 bits per heavy atom. The lowest BCUT2D eigenvalue weighted by atomic mass is 9.54. The zero-order valence-corrected chi connectivity index (χ0v) is 15.2. The number of piperidine rings is 1. The van der Waals surface area contributed by atoms with Gasteiger partial charge in [0.05, 0.1) is 0 Å². The van der Waals surface area contributed by atoms with Crippen molar-refractivity contribution in [3.8, 4) is 0 Å². The Bertz CT molecular complexity index is 496. The normalized spacial score (nSPS) is 33.9. The van der Waals surface area contributed by atoms with Crippen LogP contribution in [0.3, 0.4) is 0 Å². The smallest absolute Gasteiger partial charge is 0.407 e. The van der Waals surface area contributed by atoms with E-state index in [2.05, 4.69) is 18.7 Å². The lowest BCUT2D eigenvalue weighted by molar-refractivity contribution is -0.150. The molecule has 6 heteroatoms. The van der Waals surface area contributed by atoms with Crippen LogP contribution in [-0.4, -0.2) is 76.1 Å². The Morgan fingerprint density at radius 3 is 2.29 bits per heavy atom. The highest BCUT2D eigenvalue weighted by molar-refractivity contribution is 5.73. The first kappa shape index (κ1) is 17.5. The van der Waals surface area contributed by atoms with E-state index >= 15 is 0 Å². The van der Waals surface area contributed by atoms with Gasteiger partial charge < -0.3 is 19.8 Å². The van der Waals surface area contributed by atoms with E-state index in [-0.39, 0.29) is 17.4 Å². The average molecular weight is 337 g/mol. The summed E-state index contributed by atoms with van der Waals surface area (Å²) < 4.78 is 0. The fourth-order valence-electron chi connectivity index (χ4n) is 5.47. The Morgan fingerprint density at radius 2 is 1.83 bits per heavy atom. The summed E-state index contributed by atoms with van der Waals surface area (Å²) in [5.74, 6) is 0.188. The van der Waals surface area contributed by atoms with Crippen molar-refractivity contribution in [2.75, 3.05) is 26.2 Å². The molecule has 0 aromatic rings. The lowest BCUT2D eigenvalue weighted by Gasteiger charge is -2.65. The van der Waals surface area contributed by atoms with Crippen molar-refractivity contribution < 1.29 is 14.7 Å². The highest BCUT2D eigenvalue weighted by Gasteiger charge is 2.61. The van der Waals surface area contributed by atoms with Crippen molar-refractivity contribution in [3.63, 3.8) is 0 Å². The molecule has 0 radical (unpaired) electrons. The van der Waals surface area contributed by atoms with Crippen LogP contribution in [0.15, 0.2) is 0 Å². The van der Waals surface area contributed by atoms with Crippen molar-refractivity contribution in [3.05, 3.63) is 0 Å². The van der Waals surface area contributed by atoms with E-state index in [1.807, 2.05) is 4.90 Å². The summed E-state index contributed by atoms with van der Waals surface area (Å²) in [5.41, 5.74) is 0.253. The van der Waals surface area contributed by atoms with E-state index in [0.717, 1.165) is 58.3 Å². The minimum Gasteiger partial charge on any atom is -0.465 e. The van der Waals surface area contributed by atoms with Gasteiger partial charge in [0.1, 0.15) is 0 Å². The van der Waals surface area contributed by atoms with Crippen LogP contribution in [0.5, 0.6) is 0 Å². The van der Waals surface area contributed by atoms with Crippen molar-refractivity contribution >= 4 is 12.0 Å². The van der Waals surface area contributed by atoms with E-state index < -0.39 is 6.09 Å². The second kappa shape index (κ2) is 6.54. The van der Waals surface area contributed by atoms with E-state index in [0.29, 0.717) is 12.1 Å². The third-order valence-electron chi connectivity index (χ3n) is 6.69. The molecule has 6 nitrogen and oxygen atoms in total. The number of hydrogen-bond acceptors (Lipinski definition) is 3. The molecular weight excluding hydrogens is 306 g/mol. The SMILES string of the molecule is CCC1N(C(=O)O)CC12CC(N1CCC(N(CC)C(C)=O)CC1)C2. The number of likely N-dealkylation sites (tertiary alicyclic amines) is 2. The van der Waals surface area contributed by atoms with Gasteiger partial charge in [-0.15, -0.1) is 0 Å². The number of carbonyl (C=O) groups excluding carboxylic acids is 1. The standard InChI is InChI=1S/C18H31N3O3/c1-4-16-18(12-21(16)17(23)24)10-15(11-18)19-8-6-14(7-9-19)20(5-2)13(3)22/h14-16H,4-12H2,1-3H3,(H,23,24). The van der Waals surface area contributed by atoms with Gasteiger partial charge in [-0.1, -0.05) is 6.92 Å². The fourth-order valence-corrected chi connectivity index (χ4v) is 5.47. The van der Waals surface area contributed by atoms with Gasteiger partial charge in [-0.25, -0.2) is 4.79 Å². The van der Waals surface area contributed by atoms with Crippen LogP contribution in [0.25, 0.3) is 0 Å². The molecule has 0 aromatic heterocycles. The van der Waals surface area contributed by atoms with Gasteiger partial charge in [-0.2, -0.15) is 0 Å². The summed E-state index contributed by atoms with van der Waals surface area (Å²) in [6.45, 7) is 9.47. The molecule has 2 aliphatic heterocycles. The Hall–Kier alpha value is -1.30. The van der Waals surface area contributed by atoms with Crippen LogP contribution in [0.1, 0.15) is 52.9 Å². The predicted molar refractivity (Wildman–Crippen MR) is 91.9 cm³/mol. The monoisotopic (exact) mass is 337 g/mol. The molecule has 1 spiro atoms. The fraction of sp³-hybridized carbons (Fsp3) is 0.889. The first-order valence-corrected chi connectivity index (χ1v) is 9.42. The van der Waals surface area contributed by atoms with Crippen LogP contribution >= 0.6 is 0 Å². The maximum absolute atomic E-state index is 11.7. The summed E-state index contributed by atoms with van der Waals surface area (Å²) in [4.78, 5) is 29.1. The van der Waals surface area contributed by atoms with Crippen LogP contribution < -0.4 is 0 Å². The molecule has 136 valence electrons. The second-order valence-electron chi connectivity index (χ2n) is 7.83. The number of hydrogen-bond donors (Lipinski definition) is 1. The molecule has 0 aromatic carbocycles. The number of rotatable bonds is 4. The second-order valence-corrected chi connectivity index (χ2v) is 7.83. The minimum atomic E-state index is -0.763. The molecule has 3 fully saturated rings.